The molecule has 6 aromatic rings. The molecule has 36 heavy (non-hydrogen) atoms. The number of aryl methyl sites for hydroxylation is 2. The van der Waals surface area contributed by atoms with E-state index in [9.17, 15) is 0 Å². The maximum absolute atomic E-state index is 2.26. The Morgan fingerprint density at radius 3 is 1.25 bits per heavy atom. The summed E-state index contributed by atoms with van der Waals surface area (Å²) < 4.78 is 0. The minimum absolute atomic E-state index is 0. The Labute approximate surface area is 240 Å². The number of fused-ring (bicyclic) bond motifs is 2. The Morgan fingerprint density at radius 1 is 0.528 bits per heavy atom. The van der Waals surface area contributed by atoms with E-state index >= 15 is 0 Å². The molecule has 0 amide bonds. The summed E-state index contributed by atoms with van der Waals surface area (Å²) in [6.45, 7) is 8.60. The zero-order valence-corrected chi connectivity index (χ0v) is 25.0. The van der Waals surface area contributed by atoms with E-state index in [2.05, 4.69) is 148 Å². The summed E-state index contributed by atoms with van der Waals surface area (Å²) in [6, 6.07) is 43.1. The molecule has 2 radical (unpaired) electrons. The van der Waals surface area contributed by atoms with Crippen LogP contribution in [0.25, 0.3) is 43.8 Å². The Hall–Kier alpha value is -2.80. The zero-order valence-electron chi connectivity index (χ0n) is 23.5. The monoisotopic (exact) mass is 560 g/mol. The van der Waals surface area contributed by atoms with Gasteiger partial charge >= 0.3 is 26.2 Å². The molecule has 178 valence electrons. The molecule has 0 heterocycles. The van der Waals surface area contributed by atoms with Crippen molar-refractivity contribution in [3.63, 3.8) is 0 Å². The topological polar surface area (TPSA) is 0 Å². The molecule has 6 aromatic carbocycles. The first-order valence-corrected chi connectivity index (χ1v) is 14.1. The Morgan fingerprint density at radius 2 is 0.889 bits per heavy atom. The van der Waals surface area contributed by atoms with Gasteiger partial charge < -0.3 is 2.85 Å². The van der Waals surface area contributed by atoms with Crippen LogP contribution in [0.2, 0.25) is 13.1 Å². The molecule has 0 nitrogen and oxygen atoms in total. The number of hydrogen-bond acceptors (Lipinski definition) is 0. The fourth-order valence-electron chi connectivity index (χ4n) is 4.51. The fraction of sp³-hybridized carbons (Fsp3) is 0.118. The molecule has 0 aliphatic rings. The summed E-state index contributed by atoms with van der Waals surface area (Å²) in [4.78, 5) is 0. The Balaban J connectivity index is 0.000000322. The second-order valence-electron chi connectivity index (χ2n) is 8.91. The van der Waals surface area contributed by atoms with E-state index in [1.54, 1.807) is 0 Å². The maximum atomic E-state index is 2.26. The second-order valence-corrected chi connectivity index (χ2v) is 9.91. The van der Waals surface area contributed by atoms with Crippen molar-refractivity contribution in [1.82, 2.24) is 0 Å². The van der Waals surface area contributed by atoms with Crippen LogP contribution in [0.15, 0.2) is 121 Å². The van der Waals surface area contributed by atoms with Crippen molar-refractivity contribution < 1.29 is 29.1 Å². The van der Waals surface area contributed by atoms with Crippen LogP contribution < -0.4 is 0 Å². The van der Waals surface area contributed by atoms with E-state index < -0.39 is 0 Å². The fourth-order valence-corrected chi connectivity index (χ4v) is 4.51. The minimum atomic E-state index is 0. The van der Waals surface area contributed by atoms with Gasteiger partial charge in [-0.3, -0.25) is 0 Å². The second kappa shape index (κ2) is 13.5. The third-order valence-electron chi connectivity index (χ3n) is 5.96. The Bertz CT molecular complexity index is 1390. The molecule has 0 saturated carbocycles. The molecular weight excluding hydrogens is 528 g/mol. The molecule has 0 aromatic heterocycles. The summed E-state index contributed by atoms with van der Waals surface area (Å²) in [6.07, 6.45) is 0. The molecule has 0 bridgehead atoms. The van der Waals surface area contributed by atoms with Crippen LogP contribution in [0.1, 0.15) is 14.0 Å². The van der Waals surface area contributed by atoms with E-state index in [-0.39, 0.29) is 29.1 Å². The van der Waals surface area contributed by atoms with Gasteiger partial charge in [0.1, 0.15) is 0 Å². The van der Waals surface area contributed by atoms with Crippen LogP contribution in [-0.2, 0) is 26.2 Å². The van der Waals surface area contributed by atoms with Crippen molar-refractivity contribution in [3.05, 3.63) is 132 Å². The van der Waals surface area contributed by atoms with Gasteiger partial charge in [0.15, 0.2) is 0 Å². The van der Waals surface area contributed by atoms with E-state index in [1.807, 2.05) is 0 Å². The number of rotatable bonds is 2. The number of benzene rings is 4. The summed E-state index contributed by atoms with van der Waals surface area (Å²) >= 11 is 0. The molecule has 0 N–H and O–H groups in total. The molecule has 0 atom stereocenters. The largest absolute Gasteiger partial charge is 4.00 e. The molecule has 0 unspecified atom stereocenters. The van der Waals surface area contributed by atoms with E-state index in [1.165, 1.54) is 54.9 Å². The first-order chi connectivity index (χ1) is 17.1. The van der Waals surface area contributed by atoms with Gasteiger partial charge in [-0.15, -0.1) is 69.1 Å². The van der Waals surface area contributed by atoms with E-state index in [4.69, 9.17) is 0 Å². The first-order valence-electron chi connectivity index (χ1n) is 12.1. The van der Waals surface area contributed by atoms with Crippen LogP contribution in [-0.4, -0.2) is 9.52 Å². The van der Waals surface area contributed by atoms with Crippen molar-refractivity contribution in [2.45, 2.75) is 26.9 Å². The van der Waals surface area contributed by atoms with E-state index in [0.29, 0.717) is 0 Å². The van der Waals surface area contributed by atoms with Gasteiger partial charge in [0.05, 0.1) is 0 Å². The van der Waals surface area contributed by atoms with Crippen molar-refractivity contribution >= 4 is 31.1 Å². The van der Waals surface area contributed by atoms with Gasteiger partial charge in [-0.1, -0.05) is 111 Å². The molecule has 0 aliphatic carbocycles. The van der Waals surface area contributed by atoms with Crippen molar-refractivity contribution in [1.29, 1.82) is 0 Å². The van der Waals surface area contributed by atoms with Gasteiger partial charge in [0.2, 0.25) is 0 Å². The summed E-state index contributed by atoms with van der Waals surface area (Å²) in [5, 5.41) is 5.37. The molecule has 2 heteroatoms. The van der Waals surface area contributed by atoms with Gasteiger partial charge in [0, 0.05) is 9.52 Å². The summed E-state index contributed by atoms with van der Waals surface area (Å²) in [5.74, 6) is 0. The first kappa shape index (κ1) is 27.8. The van der Waals surface area contributed by atoms with Gasteiger partial charge in [-0.25, -0.2) is 0 Å². The average Bonchev–Trinajstić information content (AvgIpc) is 3.46. The molecule has 0 spiro atoms. The van der Waals surface area contributed by atoms with Crippen LogP contribution in [0.4, 0.5) is 0 Å². The van der Waals surface area contributed by atoms with Crippen molar-refractivity contribution in [2.24, 2.45) is 0 Å². The summed E-state index contributed by atoms with van der Waals surface area (Å²) in [7, 11) is 1.08. The van der Waals surface area contributed by atoms with Crippen LogP contribution in [0, 0.1) is 13.8 Å². The summed E-state index contributed by atoms with van der Waals surface area (Å²) in [5.41, 5.74) is 7.89. The van der Waals surface area contributed by atoms with Crippen LogP contribution in [0.3, 0.4) is 0 Å². The quantitative estimate of drug-likeness (QED) is 0.146. The molecule has 0 saturated heterocycles. The Kier molecular flexibility index (Phi) is 10.4. The minimum Gasteiger partial charge on any atom is -1.00 e. The predicted octanol–water partition coefficient (Wildman–Crippen LogP) is 10.1. The molecular formula is C34H34SiZr. The van der Waals surface area contributed by atoms with Crippen molar-refractivity contribution in [2.75, 3.05) is 0 Å². The normalized spacial score (nSPS) is 10.1. The third kappa shape index (κ3) is 6.69. The van der Waals surface area contributed by atoms with E-state index in [0.717, 1.165) is 9.52 Å². The number of hydrogen-bond donors (Lipinski definition) is 0. The SMILES string of the molecule is C[Si]C.Cc1cc2c(-c3ccccc3)cccc2[cH-]1.Cc1cc2c(-c3ccccc3)cccc2[cH-]1.[H-].[H-].[Zr+4]. The smallest absolute Gasteiger partial charge is 1.00 e. The predicted molar refractivity (Wildman–Crippen MR) is 159 cm³/mol. The molecule has 0 fully saturated rings. The van der Waals surface area contributed by atoms with Crippen molar-refractivity contribution in [3.8, 4) is 22.3 Å². The van der Waals surface area contributed by atoms with Gasteiger partial charge in [-0.05, 0) is 11.1 Å². The average molecular weight is 562 g/mol. The zero-order chi connectivity index (χ0) is 24.6. The molecule has 6 rings (SSSR count). The standard InChI is InChI=1S/2C16H13.C2H6Si.Zr.2H/c2*1-12-10-14-8-5-9-15(16(14)11-12)13-6-3-2-4-7-13;1-3-2;;;/h2*2-11H,1H3;1-2H3;;;/q2*-1;;+4;2*-1. The van der Waals surface area contributed by atoms with Gasteiger partial charge in [-0.2, -0.15) is 12.1 Å². The molecule has 0 aliphatic heterocycles. The third-order valence-corrected chi connectivity index (χ3v) is 5.96. The van der Waals surface area contributed by atoms with Crippen LogP contribution >= 0.6 is 0 Å². The maximum Gasteiger partial charge on any atom is 4.00 e. The van der Waals surface area contributed by atoms with Gasteiger partial charge in [0.25, 0.3) is 0 Å². The van der Waals surface area contributed by atoms with Crippen LogP contribution in [0.5, 0.6) is 0 Å².